The Morgan fingerprint density at radius 3 is 2.67 bits per heavy atom. The Labute approximate surface area is 90.5 Å². The van der Waals surface area contributed by atoms with Crippen LogP contribution in [-0.2, 0) is 14.3 Å². The van der Waals surface area contributed by atoms with Crippen LogP contribution in [0.3, 0.4) is 0 Å². The Morgan fingerprint density at radius 2 is 2.20 bits per heavy atom. The normalized spacial score (nSPS) is 35.3. The summed E-state index contributed by atoms with van der Waals surface area (Å²) in [5, 5.41) is 0. The van der Waals surface area contributed by atoms with Gasteiger partial charge < -0.3 is 4.74 Å². The van der Waals surface area contributed by atoms with E-state index in [9.17, 15) is 9.59 Å². The average molecular weight is 210 g/mol. The van der Waals surface area contributed by atoms with E-state index >= 15 is 0 Å². The lowest BCUT2D eigenvalue weighted by atomic mass is 9.67. The third kappa shape index (κ3) is 1.50. The quantitative estimate of drug-likeness (QED) is 0.407. The van der Waals surface area contributed by atoms with Crippen LogP contribution in [0.15, 0.2) is 12.7 Å². The minimum absolute atomic E-state index is 0.0386. The minimum atomic E-state index is -1.05. The van der Waals surface area contributed by atoms with Crippen LogP contribution in [0.25, 0.3) is 0 Å². The van der Waals surface area contributed by atoms with Gasteiger partial charge in [-0.1, -0.05) is 13.0 Å². The van der Waals surface area contributed by atoms with Crippen LogP contribution in [0.1, 0.15) is 33.6 Å². The highest BCUT2D eigenvalue weighted by molar-refractivity contribution is 6.06. The molecule has 0 amide bonds. The van der Waals surface area contributed by atoms with Gasteiger partial charge >= 0.3 is 5.97 Å². The van der Waals surface area contributed by atoms with Gasteiger partial charge in [-0.25, -0.2) is 0 Å². The van der Waals surface area contributed by atoms with Gasteiger partial charge in [0.1, 0.15) is 5.41 Å². The van der Waals surface area contributed by atoms with Crippen molar-refractivity contribution in [3.05, 3.63) is 12.7 Å². The molecule has 0 aromatic heterocycles. The standard InChI is InChI=1S/C12H18O3/c1-5-11(3)8-7-9(13)12(11,4)10(14)15-6-2/h5H,1,6-8H2,2-4H3/t11-,12-/m1/s1. The van der Waals surface area contributed by atoms with E-state index in [1.807, 2.05) is 6.92 Å². The minimum Gasteiger partial charge on any atom is -0.465 e. The van der Waals surface area contributed by atoms with E-state index in [2.05, 4.69) is 6.58 Å². The number of rotatable bonds is 3. The van der Waals surface area contributed by atoms with E-state index in [-0.39, 0.29) is 5.78 Å². The summed E-state index contributed by atoms with van der Waals surface area (Å²) in [5.41, 5.74) is -1.53. The second-order valence-corrected chi connectivity index (χ2v) is 4.39. The Kier molecular flexibility index (Phi) is 3.03. The van der Waals surface area contributed by atoms with Crippen molar-refractivity contribution in [2.24, 2.45) is 10.8 Å². The molecule has 1 rings (SSSR count). The van der Waals surface area contributed by atoms with Crippen LogP contribution in [0.4, 0.5) is 0 Å². The van der Waals surface area contributed by atoms with Crippen molar-refractivity contribution in [2.75, 3.05) is 6.61 Å². The number of carbonyl (C=O) groups excluding carboxylic acids is 2. The number of ether oxygens (including phenoxy) is 1. The summed E-state index contributed by atoms with van der Waals surface area (Å²) in [6.45, 7) is 9.33. The fourth-order valence-corrected chi connectivity index (χ4v) is 2.12. The fraction of sp³-hybridized carbons (Fsp3) is 0.667. The summed E-state index contributed by atoms with van der Waals surface area (Å²) in [4.78, 5) is 23.7. The van der Waals surface area contributed by atoms with Crippen molar-refractivity contribution in [3.63, 3.8) is 0 Å². The largest absolute Gasteiger partial charge is 0.465 e. The molecule has 3 heteroatoms. The van der Waals surface area contributed by atoms with Crippen LogP contribution in [-0.4, -0.2) is 18.4 Å². The van der Waals surface area contributed by atoms with Crippen molar-refractivity contribution >= 4 is 11.8 Å². The van der Waals surface area contributed by atoms with Gasteiger partial charge in [-0.3, -0.25) is 9.59 Å². The summed E-state index contributed by atoms with van der Waals surface area (Å²) in [6, 6.07) is 0. The maximum Gasteiger partial charge on any atom is 0.320 e. The molecule has 1 aliphatic carbocycles. The van der Waals surface area contributed by atoms with Crippen LogP contribution in [0.5, 0.6) is 0 Å². The van der Waals surface area contributed by atoms with E-state index in [0.29, 0.717) is 19.4 Å². The zero-order valence-electron chi connectivity index (χ0n) is 9.63. The molecular formula is C12H18O3. The van der Waals surface area contributed by atoms with Crippen LogP contribution in [0.2, 0.25) is 0 Å². The van der Waals surface area contributed by atoms with Gasteiger partial charge in [0.2, 0.25) is 0 Å². The van der Waals surface area contributed by atoms with Gasteiger partial charge in [0, 0.05) is 11.8 Å². The van der Waals surface area contributed by atoms with Crippen molar-refractivity contribution in [1.29, 1.82) is 0 Å². The molecule has 2 atom stereocenters. The first-order valence-corrected chi connectivity index (χ1v) is 5.26. The van der Waals surface area contributed by atoms with Crippen molar-refractivity contribution < 1.29 is 14.3 Å². The fourth-order valence-electron chi connectivity index (χ4n) is 2.12. The predicted octanol–water partition coefficient (Wildman–Crippen LogP) is 2.11. The third-order valence-electron chi connectivity index (χ3n) is 3.71. The first-order chi connectivity index (χ1) is 6.92. The Balaban J connectivity index is 3.11. The lowest BCUT2D eigenvalue weighted by molar-refractivity contribution is -0.162. The number of esters is 1. The maximum atomic E-state index is 11.9. The molecule has 0 bridgehead atoms. The highest BCUT2D eigenvalue weighted by atomic mass is 16.5. The molecular weight excluding hydrogens is 192 g/mol. The maximum absolute atomic E-state index is 11.9. The molecule has 1 aliphatic rings. The molecule has 0 aromatic rings. The van der Waals surface area contributed by atoms with Gasteiger partial charge in [-0.05, 0) is 20.3 Å². The van der Waals surface area contributed by atoms with Gasteiger partial charge in [0.25, 0.3) is 0 Å². The smallest absolute Gasteiger partial charge is 0.320 e. The molecule has 3 nitrogen and oxygen atoms in total. The van der Waals surface area contributed by atoms with Crippen LogP contribution < -0.4 is 0 Å². The van der Waals surface area contributed by atoms with E-state index in [0.717, 1.165) is 0 Å². The molecule has 0 heterocycles. The molecule has 15 heavy (non-hydrogen) atoms. The number of hydrogen-bond acceptors (Lipinski definition) is 3. The summed E-state index contributed by atoms with van der Waals surface area (Å²) in [6.07, 6.45) is 2.80. The molecule has 0 spiro atoms. The molecule has 0 saturated heterocycles. The topological polar surface area (TPSA) is 43.4 Å². The SMILES string of the molecule is C=C[C@]1(C)CCC(=O)[C@]1(C)C(=O)OCC. The molecule has 0 aliphatic heterocycles. The van der Waals surface area contributed by atoms with Gasteiger partial charge in [-0.15, -0.1) is 6.58 Å². The predicted molar refractivity (Wildman–Crippen MR) is 57.3 cm³/mol. The summed E-state index contributed by atoms with van der Waals surface area (Å²) in [5.74, 6) is -0.460. The number of ketones is 1. The molecule has 84 valence electrons. The molecule has 0 radical (unpaired) electrons. The van der Waals surface area contributed by atoms with E-state index in [4.69, 9.17) is 4.74 Å². The zero-order valence-corrected chi connectivity index (χ0v) is 9.63. The van der Waals surface area contributed by atoms with Crippen LogP contribution >= 0.6 is 0 Å². The highest BCUT2D eigenvalue weighted by Gasteiger charge is 2.58. The molecule has 0 aromatic carbocycles. The molecule has 1 fully saturated rings. The average Bonchev–Trinajstić information content (AvgIpc) is 2.45. The van der Waals surface area contributed by atoms with Crippen molar-refractivity contribution in [2.45, 2.75) is 33.6 Å². The third-order valence-corrected chi connectivity index (χ3v) is 3.71. The van der Waals surface area contributed by atoms with Crippen molar-refractivity contribution in [1.82, 2.24) is 0 Å². The van der Waals surface area contributed by atoms with E-state index in [1.54, 1.807) is 19.9 Å². The number of hydrogen-bond donors (Lipinski definition) is 0. The van der Waals surface area contributed by atoms with Crippen LogP contribution in [0, 0.1) is 10.8 Å². The Hall–Kier alpha value is -1.12. The second-order valence-electron chi connectivity index (χ2n) is 4.39. The first-order valence-electron chi connectivity index (χ1n) is 5.26. The molecule has 0 N–H and O–H groups in total. The van der Waals surface area contributed by atoms with Crippen molar-refractivity contribution in [3.8, 4) is 0 Å². The monoisotopic (exact) mass is 210 g/mol. The van der Waals surface area contributed by atoms with Gasteiger partial charge in [-0.2, -0.15) is 0 Å². The summed E-state index contributed by atoms with van der Waals surface area (Å²) < 4.78 is 4.99. The Morgan fingerprint density at radius 1 is 1.60 bits per heavy atom. The lowest BCUT2D eigenvalue weighted by Gasteiger charge is -2.34. The zero-order chi connectivity index (χ0) is 11.7. The van der Waals surface area contributed by atoms with E-state index in [1.165, 1.54) is 0 Å². The molecule has 1 saturated carbocycles. The Bertz CT molecular complexity index is 308. The number of Topliss-reactive ketones (excluding diaryl/α,β-unsaturated/α-hetero) is 1. The van der Waals surface area contributed by atoms with Gasteiger partial charge in [0.05, 0.1) is 6.61 Å². The number of allylic oxidation sites excluding steroid dienone is 1. The van der Waals surface area contributed by atoms with Gasteiger partial charge in [0.15, 0.2) is 5.78 Å². The second kappa shape index (κ2) is 3.80. The molecule has 0 unspecified atom stereocenters. The first kappa shape index (κ1) is 12.0. The van der Waals surface area contributed by atoms with E-state index < -0.39 is 16.8 Å². The highest BCUT2D eigenvalue weighted by Crippen LogP contribution is 2.51. The summed E-state index contributed by atoms with van der Waals surface area (Å²) >= 11 is 0. The number of carbonyl (C=O) groups is 2. The summed E-state index contributed by atoms with van der Waals surface area (Å²) in [7, 11) is 0. The lowest BCUT2D eigenvalue weighted by Crippen LogP contribution is -2.44.